The zero-order chi connectivity index (χ0) is 16.9. The second-order valence-electron chi connectivity index (χ2n) is 5.86. The van der Waals surface area contributed by atoms with Gasteiger partial charge >= 0.3 is 0 Å². The van der Waals surface area contributed by atoms with Crippen LogP contribution in [0, 0.1) is 6.92 Å². The topological polar surface area (TPSA) is 38.3 Å². The van der Waals surface area contributed by atoms with Gasteiger partial charge in [0.15, 0.2) is 0 Å². The highest BCUT2D eigenvalue weighted by Crippen LogP contribution is 2.28. The molecule has 1 N–H and O–H groups in total. The van der Waals surface area contributed by atoms with E-state index in [0.29, 0.717) is 16.7 Å². The van der Waals surface area contributed by atoms with Crippen LogP contribution in [0.5, 0.6) is 0 Å². The number of rotatable bonds is 5. The smallest absolute Gasteiger partial charge is 0.256 e. The number of carbonyl (C=O) groups is 1. The molecule has 1 aliphatic rings. The summed E-state index contributed by atoms with van der Waals surface area (Å²) in [6, 6.07) is 13.2. The normalized spacial score (nSPS) is 17.0. The summed E-state index contributed by atoms with van der Waals surface area (Å²) in [6.45, 7) is 2.80. The summed E-state index contributed by atoms with van der Waals surface area (Å²) in [4.78, 5) is 13.7. The van der Waals surface area contributed by atoms with Crippen LogP contribution in [0.4, 0.5) is 5.69 Å². The van der Waals surface area contributed by atoms with Crippen molar-refractivity contribution in [1.29, 1.82) is 0 Å². The van der Waals surface area contributed by atoms with Crippen molar-refractivity contribution in [2.45, 2.75) is 30.8 Å². The minimum Gasteiger partial charge on any atom is -0.377 e. The Morgan fingerprint density at radius 3 is 2.96 bits per heavy atom. The predicted molar refractivity (Wildman–Crippen MR) is 100 cm³/mol. The van der Waals surface area contributed by atoms with Crippen molar-refractivity contribution in [1.82, 2.24) is 0 Å². The maximum absolute atomic E-state index is 12.7. The highest BCUT2D eigenvalue weighted by Gasteiger charge is 2.18. The Labute approximate surface area is 151 Å². The third-order valence-electron chi connectivity index (χ3n) is 4.03. The second kappa shape index (κ2) is 8.06. The van der Waals surface area contributed by atoms with Gasteiger partial charge in [0.1, 0.15) is 0 Å². The Kier molecular flexibility index (Phi) is 5.82. The standard InChI is InChI=1S/C19H20ClNO2S/c1-13-8-9-14(20)11-17(13)21-19(22)16-6-2-3-7-18(16)24-12-15-5-4-10-23-15/h2-3,6-9,11,15H,4-5,10,12H2,1H3,(H,21,22)/t15-/m0/s1. The van der Waals surface area contributed by atoms with Gasteiger partial charge in [-0.3, -0.25) is 4.79 Å². The average Bonchev–Trinajstić information content (AvgIpc) is 3.10. The van der Waals surface area contributed by atoms with E-state index in [9.17, 15) is 4.79 Å². The number of halogens is 1. The van der Waals surface area contributed by atoms with Gasteiger partial charge in [0.25, 0.3) is 5.91 Å². The van der Waals surface area contributed by atoms with E-state index in [4.69, 9.17) is 16.3 Å². The molecular formula is C19H20ClNO2S. The third-order valence-corrected chi connectivity index (χ3v) is 5.47. The molecule has 24 heavy (non-hydrogen) atoms. The van der Waals surface area contributed by atoms with Crippen LogP contribution in [-0.2, 0) is 4.74 Å². The number of anilines is 1. The monoisotopic (exact) mass is 361 g/mol. The molecule has 3 rings (SSSR count). The number of amides is 1. The van der Waals surface area contributed by atoms with Crippen LogP contribution in [0.15, 0.2) is 47.4 Å². The van der Waals surface area contributed by atoms with E-state index >= 15 is 0 Å². The van der Waals surface area contributed by atoms with Gasteiger partial charge in [0, 0.05) is 28.0 Å². The minimum absolute atomic E-state index is 0.115. The van der Waals surface area contributed by atoms with Gasteiger partial charge in [-0.25, -0.2) is 0 Å². The lowest BCUT2D eigenvalue weighted by Gasteiger charge is -2.13. The van der Waals surface area contributed by atoms with E-state index in [1.807, 2.05) is 43.3 Å². The molecule has 1 atom stereocenters. The Balaban J connectivity index is 1.73. The summed E-state index contributed by atoms with van der Waals surface area (Å²) < 4.78 is 5.66. The fraction of sp³-hybridized carbons (Fsp3) is 0.316. The van der Waals surface area contributed by atoms with Crippen molar-refractivity contribution in [3.8, 4) is 0 Å². The summed E-state index contributed by atoms with van der Waals surface area (Å²) in [5.74, 6) is 0.760. The third kappa shape index (κ3) is 4.32. The SMILES string of the molecule is Cc1ccc(Cl)cc1NC(=O)c1ccccc1SC[C@@H]1CCCO1. The fourth-order valence-corrected chi connectivity index (χ4v) is 3.95. The van der Waals surface area contributed by atoms with E-state index in [2.05, 4.69) is 5.32 Å². The largest absolute Gasteiger partial charge is 0.377 e. The van der Waals surface area contributed by atoms with Gasteiger partial charge in [0.05, 0.1) is 11.7 Å². The first-order valence-corrected chi connectivity index (χ1v) is 9.41. The number of nitrogens with one attached hydrogen (secondary N) is 1. The molecule has 0 spiro atoms. The molecule has 0 aromatic heterocycles. The number of hydrogen-bond acceptors (Lipinski definition) is 3. The maximum atomic E-state index is 12.7. The lowest BCUT2D eigenvalue weighted by molar-refractivity contribution is 0.102. The summed E-state index contributed by atoms with van der Waals surface area (Å²) in [5, 5.41) is 3.58. The number of benzene rings is 2. The van der Waals surface area contributed by atoms with Gasteiger partial charge in [-0.1, -0.05) is 29.8 Å². The van der Waals surface area contributed by atoms with E-state index in [0.717, 1.165) is 41.3 Å². The van der Waals surface area contributed by atoms with Crippen molar-refractivity contribution in [2.75, 3.05) is 17.7 Å². The zero-order valence-electron chi connectivity index (χ0n) is 13.5. The Hall–Kier alpha value is -1.49. The van der Waals surface area contributed by atoms with Crippen LogP contribution in [0.2, 0.25) is 5.02 Å². The van der Waals surface area contributed by atoms with Crippen molar-refractivity contribution >= 4 is 35.0 Å². The number of carbonyl (C=O) groups excluding carboxylic acids is 1. The van der Waals surface area contributed by atoms with Gasteiger partial charge in [-0.05, 0) is 49.6 Å². The first-order chi connectivity index (χ1) is 11.6. The van der Waals surface area contributed by atoms with Gasteiger partial charge in [-0.2, -0.15) is 0 Å². The second-order valence-corrected chi connectivity index (χ2v) is 7.35. The zero-order valence-corrected chi connectivity index (χ0v) is 15.1. The molecule has 0 radical (unpaired) electrons. The van der Waals surface area contributed by atoms with E-state index in [-0.39, 0.29) is 5.91 Å². The van der Waals surface area contributed by atoms with E-state index in [1.54, 1.807) is 17.8 Å². The fourth-order valence-electron chi connectivity index (χ4n) is 2.66. The molecule has 0 unspecified atom stereocenters. The molecule has 0 bridgehead atoms. The molecule has 2 aromatic rings. The number of ether oxygens (including phenoxy) is 1. The van der Waals surface area contributed by atoms with Crippen LogP contribution in [0.1, 0.15) is 28.8 Å². The van der Waals surface area contributed by atoms with Crippen LogP contribution < -0.4 is 5.32 Å². The first-order valence-electron chi connectivity index (χ1n) is 8.04. The molecular weight excluding hydrogens is 342 g/mol. The molecule has 1 fully saturated rings. The predicted octanol–water partition coefficient (Wildman–Crippen LogP) is 5.17. The van der Waals surface area contributed by atoms with Crippen molar-refractivity contribution < 1.29 is 9.53 Å². The molecule has 1 amide bonds. The van der Waals surface area contributed by atoms with E-state index in [1.165, 1.54) is 0 Å². The Morgan fingerprint density at radius 1 is 1.33 bits per heavy atom. The molecule has 5 heteroatoms. The van der Waals surface area contributed by atoms with E-state index < -0.39 is 0 Å². The lowest BCUT2D eigenvalue weighted by atomic mass is 10.1. The number of thioether (sulfide) groups is 1. The van der Waals surface area contributed by atoms with Crippen molar-refractivity contribution in [3.05, 3.63) is 58.6 Å². The number of hydrogen-bond donors (Lipinski definition) is 1. The molecule has 0 saturated carbocycles. The van der Waals surface area contributed by atoms with Crippen LogP contribution in [0.25, 0.3) is 0 Å². The Bertz CT molecular complexity index is 729. The first kappa shape index (κ1) is 17.3. The molecule has 3 nitrogen and oxygen atoms in total. The molecule has 2 aromatic carbocycles. The minimum atomic E-state index is -0.115. The van der Waals surface area contributed by atoms with Crippen LogP contribution >= 0.6 is 23.4 Å². The summed E-state index contributed by atoms with van der Waals surface area (Å²) in [7, 11) is 0. The van der Waals surface area contributed by atoms with Crippen LogP contribution in [-0.4, -0.2) is 24.4 Å². The summed E-state index contributed by atoms with van der Waals surface area (Å²) in [5.41, 5.74) is 2.41. The molecule has 1 aliphatic heterocycles. The molecule has 1 saturated heterocycles. The van der Waals surface area contributed by atoms with Crippen molar-refractivity contribution in [2.24, 2.45) is 0 Å². The van der Waals surface area contributed by atoms with Crippen molar-refractivity contribution in [3.63, 3.8) is 0 Å². The summed E-state index contributed by atoms with van der Waals surface area (Å²) in [6.07, 6.45) is 2.52. The van der Waals surface area contributed by atoms with Crippen LogP contribution in [0.3, 0.4) is 0 Å². The summed E-state index contributed by atoms with van der Waals surface area (Å²) >= 11 is 7.71. The number of aryl methyl sites for hydroxylation is 1. The molecule has 126 valence electrons. The maximum Gasteiger partial charge on any atom is 0.256 e. The highest BCUT2D eigenvalue weighted by molar-refractivity contribution is 7.99. The van der Waals surface area contributed by atoms with Gasteiger partial charge in [0.2, 0.25) is 0 Å². The lowest BCUT2D eigenvalue weighted by Crippen LogP contribution is -2.14. The Morgan fingerprint density at radius 2 is 2.17 bits per heavy atom. The van der Waals surface area contributed by atoms with Gasteiger partial charge in [-0.15, -0.1) is 11.8 Å². The highest BCUT2D eigenvalue weighted by atomic mass is 35.5. The quantitative estimate of drug-likeness (QED) is 0.746. The molecule has 0 aliphatic carbocycles. The van der Waals surface area contributed by atoms with Gasteiger partial charge < -0.3 is 10.1 Å². The average molecular weight is 362 g/mol. The molecule has 1 heterocycles.